The zero-order valence-corrected chi connectivity index (χ0v) is 14.1. The molecule has 0 spiro atoms. The predicted molar refractivity (Wildman–Crippen MR) is 80.3 cm³/mol. The molecule has 0 aromatic carbocycles. The summed E-state index contributed by atoms with van der Waals surface area (Å²) in [5, 5.41) is 0. The Balaban J connectivity index is 2.05. The van der Waals surface area contributed by atoms with Crippen molar-refractivity contribution in [1.29, 1.82) is 0 Å². The van der Waals surface area contributed by atoms with E-state index in [1.54, 1.807) is 0 Å². The second kappa shape index (κ2) is 5.85. The van der Waals surface area contributed by atoms with Gasteiger partial charge in [-0.15, -0.1) is 0 Å². The Hall–Kier alpha value is -0.660. The molecule has 2 aliphatic heterocycles. The minimum Gasteiger partial charge on any atom is -0.375 e. The van der Waals surface area contributed by atoms with Gasteiger partial charge in [0.15, 0.2) is 0 Å². The lowest BCUT2D eigenvalue weighted by molar-refractivity contribution is -0.145. The molecular formula is C14H26N2O4S. The number of carbonyl (C=O) groups excluding carboxylic acids is 1. The number of piperidine rings is 1. The van der Waals surface area contributed by atoms with Crippen molar-refractivity contribution in [3.8, 4) is 0 Å². The van der Waals surface area contributed by atoms with Crippen LogP contribution in [0.2, 0.25) is 0 Å². The lowest BCUT2D eigenvalue weighted by Gasteiger charge is -2.40. The average molecular weight is 318 g/mol. The normalized spacial score (nSPS) is 28.9. The van der Waals surface area contributed by atoms with Gasteiger partial charge in [0.2, 0.25) is 15.9 Å². The Labute approximate surface area is 127 Å². The second-order valence-corrected chi connectivity index (χ2v) is 9.06. The van der Waals surface area contributed by atoms with Gasteiger partial charge in [0.05, 0.1) is 19.0 Å². The molecule has 0 N–H and O–H groups in total. The minimum atomic E-state index is -3.18. The van der Waals surface area contributed by atoms with Crippen LogP contribution in [0.4, 0.5) is 0 Å². The summed E-state index contributed by atoms with van der Waals surface area (Å²) in [6.07, 6.45) is 1.97. The molecule has 0 aromatic rings. The zero-order chi connectivity index (χ0) is 15.8. The molecule has 6 nitrogen and oxygen atoms in total. The summed E-state index contributed by atoms with van der Waals surface area (Å²) in [5.74, 6) is 0.306. The molecule has 2 atom stereocenters. The Bertz CT molecular complexity index is 498. The van der Waals surface area contributed by atoms with E-state index in [0.717, 1.165) is 6.42 Å². The van der Waals surface area contributed by atoms with Crippen molar-refractivity contribution in [3.63, 3.8) is 0 Å². The number of sulfonamides is 1. The summed E-state index contributed by atoms with van der Waals surface area (Å²) in [6, 6.07) is 0. The van der Waals surface area contributed by atoms with Crippen LogP contribution in [0.15, 0.2) is 0 Å². The first-order valence-electron chi connectivity index (χ1n) is 7.45. The third-order valence-corrected chi connectivity index (χ3v) is 5.47. The van der Waals surface area contributed by atoms with Crippen molar-refractivity contribution in [1.82, 2.24) is 9.21 Å². The molecule has 21 heavy (non-hydrogen) atoms. The number of fused-ring (bicyclic) bond motifs is 1. The van der Waals surface area contributed by atoms with Crippen LogP contribution in [0.25, 0.3) is 0 Å². The molecule has 2 fully saturated rings. The van der Waals surface area contributed by atoms with Gasteiger partial charge in [0, 0.05) is 37.5 Å². The largest absolute Gasteiger partial charge is 0.375 e. The van der Waals surface area contributed by atoms with E-state index in [9.17, 15) is 13.2 Å². The topological polar surface area (TPSA) is 66.9 Å². The zero-order valence-electron chi connectivity index (χ0n) is 13.3. The standard InChI is InChI=1S/C14H26N2O4S/c1-14(2,3)13(17)15-6-5-11-9-16(21(4,18)19)7-8-20-12(11)10-15/h11-12H,5-10H2,1-4H3/t11-,12-/m1/s1. The van der Waals surface area contributed by atoms with Gasteiger partial charge in [0.1, 0.15) is 0 Å². The van der Waals surface area contributed by atoms with Crippen molar-refractivity contribution in [2.45, 2.75) is 33.3 Å². The third kappa shape index (κ3) is 3.96. The number of carbonyl (C=O) groups is 1. The highest BCUT2D eigenvalue weighted by atomic mass is 32.2. The van der Waals surface area contributed by atoms with E-state index >= 15 is 0 Å². The Morgan fingerprint density at radius 2 is 1.86 bits per heavy atom. The maximum absolute atomic E-state index is 12.4. The lowest BCUT2D eigenvalue weighted by Crippen LogP contribution is -2.52. The monoisotopic (exact) mass is 318 g/mol. The summed E-state index contributed by atoms with van der Waals surface area (Å²) in [6.45, 7) is 8.30. The molecule has 0 unspecified atom stereocenters. The van der Waals surface area contributed by atoms with E-state index in [-0.39, 0.29) is 17.9 Å². The van der Waals surface area contributed by atoms with Crippen molar-refractivity contribution in [3.05, 3.63) is 0 Å². The molecule has 2 saturated heterocycles. The number of hydrogen-bond donors (Lipinski definition) is 0. The highest BCUT2D eigenvalue weighted by Gasteiger charge is 2.38. The molecule has 122 valence electrons. The number of nitrogens with zero attached hydrogens (tertiary/aromatic N) is 2. The Kier molecular flexibility index (Phi) is 4.66. The van der Waals surface area contributed by atoms with Gasteiger partial charge in [-0.3, -0.25) is 4.79 Å². The first-order chi connectivity index (χ1) is 9.59. The molecule has 0 bridgehead atoms. The van der Waals surface area contributed by atoms with Crippen LogP contribution in [-0.2, 0) is 19.6 Å². The summed E-state index contributed by atoms with van der Waals surface area (Å²) in [7, 11) is -3.18. The third-order valence-electron chi connectivity index (χ3n) is 4.20. The summed E-state index contributed by atoms with van der Waals surface area (Å²) in [5.41, 5.74) is -0.393. The van der Waals surface area contributed by atoms with Gasteiger partial charge in [-0.05, 0) is 6.42 Å². The summed E-state index contributed by atoms with van der Waals surface area (Å²) in [4.78, 5) is 14.2. The fourth-order valence-electron chi connectivity index (χ4n) is 2.98. The van der Waals surface area contributed by atoms with E-state index in [4.69, 9.17) is 4.74 Å². The molecule has 7 heteroatoms. The number of rotatable bonds is 1. The smallest absolute Gasteiger partial charge is 0.228 e. The highest BCUT2D eigenvalue weighted by molar-refractivity contribution is 7.88. The molecule has 2 rings (SSSR count). The maximum Gasteiger partial charge on any atom is 0.228 e. The van der Waals surface area contributed by atoms with Crippen LogP contribution in [0, 0.1) is 11.3 Å². The van der Waals surface area contributed by atoms with Gasteiger partial charge in [-0.25, -0.2) is 8.42 Å². The Morgan fingerprint density at radius 1 is 1.19 bits per heavy atom. The molecule has 2 heterocycles. The van der Waals surface area contributed by atoms with Gasteiger partial charge in [-0.1, -0.05) is 20.8 Å². The minimum absolute atomic E-state index is 0.0585. The predicted octanol–water partition coefficient (Wildman–Crippen LogP) is 0.541. The molecule has 1 amide bonds. The van der Waals surface area contributed by atoms with E-state index in [1.807, 2.05) is 25.7 Å². The van der Waals surface area contributed by atoms with Crippen LogP contribution in [0.1, 0.15) is 27.2 Å². The van der Waals surface area contributed by atoms with Gasteiger partial charge in [0.25, 0.3) is 0 Å². The first kappa shape index (κ1) is 16.7. The van der Waals surface area contributed by atoms with E-state index in [1.165, 1.54) is 10.6 Å². The molecule has 2 aliphatic rings. The molecule has 0 saturated carbocycles. The fraction of sp³-hybridized carbons (Fsp3) is 0.929. The van der Waals surface area contributed by atoms with Crippen LogP contribution in [0.3, 0.4) is 0 Å². The number of likely N-dealkylation sites (tertiary alicyclic amines) is 1. The van der Waals surface area contributed by atoms with Crippen LogP contribution in [0.5, 0.6) is 0 Å². The lowest BCUT2D eigenvalue weighted by atomic mass is 9.89. The van der Waals surface area contributed by atoms with Crippen molar-refractivity contribution >= 4 is 15.9 Å². The SMILES string of the molecule is CC(C)(C)C(=O)N1CC[C@@H]2CN(S(C)(=O)=O)CCO[C@@H]2C1. The number of ether oxygens (including phenoxy) is 1. The maximum atomic E-state index is 12.4. The van der Waals surface area contributed by atoms with Gasteiger partial charge in [-0.2, -0.15) is 4.31 Å². The van der Waals surface area contributed by atoms with Crippen molar-refractivity contribution < 1.29 is 17.9 Å². The Morgan fingerprint density at radius 3 is 2.43 bits per heavy atom. The molecule has 0 aliphatic carbocycles. The molecular weight excluding hydrogens is 292 g/mol. The molecule has 0 aromatic heterocycles. The van der Waals surface area contributed by atoms with E-state index in [2.05, 4.69) is 0 Å². The average Bonchev–Trinajstić information content (AvgIpc) is 2.57. The van der Waals surface area contributed by atoms with Crippen LogP contribution >= 0.6 is 0 Å². The van der Waals surface area contributed by atoms with Crippen LogP contribution in [-0.4, -0.2) is 68.7 Å². The molecule has 0 radical (unpaired) electrons. The van der Waals surface area contributed by atoms with Gasteiger partial charge >= 0.3 is 0 Å². The first-order valence-corrected chi connectivity index (χ1v) is 9.30. The number of amides is 1. The summed E-state index contributed by atoms with van der Waals surface area (Å²) < 4.78 is 30.8. The summed E-state index contributed by atoms with van der Waals surface area (Å²) >= 11 is 0. The quantitative estimate of drug-likeness (QED) is 0.708. The van der Waals surface area contributed by atoms with Crippen molar-refractivity contribution in [2.24, 2.45) is 11.3 Å². The van der Waals surface area contributed by atoms with E-state index < -0.39 is 15.4 Å². The number of hydrogen-bond acceptors (Lipinski definition) is 4. The second-order valence-electron chi connectivity index (χ2n) is 7.08. The fourth-order valence-corrected chi connectivity index (χ4v) is 3.85. The van der Waals surface area contributed by atoms with E-state index in [0.29, 0.717) is 32.8 Å². The van der Waals surface area contributed by atoms with Gasteiger partial charge < -0.3 is 9.64 Å². The van der Waals surface area contributed by atoms with Crippen molar-refractivity contribution in [2.75, 3.05) is 39.0 Å². The highest BCUT2D eigenvalue weighted by Crippen LogP contribution is 2.28. The van der Waals surface area contributed by atoms with Crippen LogP contribution < -0.4 is 0 Å².